The van der Waals surface area contributed by atoms with E-state index >= 15 is 0 Å². The van der Waals surface area contributed by atoms with Gasteiger partial charge in [-0.2, -0.15) is 0 Å². The van der Waals surface area contributed by atoms with Crippen LogP contribution >= 0.6 is 11.6 Å². The Labute approximate surface area is 113 Å². The Morgan fingerprint density at radius 1 is 1.56 bits per heavy atom. The predicted octanol–water partition coefficient (Wildman–Crippen LogP) is 2.07. The molecule has 0 bridgehead atoms. The van der Waals surface area contributed by atoms with Crippen molar-refractivity contribution >= 4 is 17.4 Å². The molecule has 1 N–H and O–H groups in total. The highest BCUT2D eigenvalue weighted by molar-refractivity contribution is 6.33. The first kappa shape index (κ1) is 13.6. The van der Waals surface area contributed by atoms with Gasteiger partial charge in [0.1, 0.15) is 5.82 Å². The van der Waals surface area contributed by atoms with E-state index in [0.29, 0.717) is 11.1 Å². The zero-order valence-electron chi connectivity index (χ0n) is 11.1. The number of halogens is 1. The maximum atomic E-state index is 6.34. The minimum Gasteiger partial charge on any atom is -0.375 e. The standard InChI is InChI=1S/C13H20ClN3O/c1-9-8-18-10(2)7-17(9)13-12(14)4-11(5-15-3)6-16-13/h4,6,9-10,15H,5,7-8H2,1-3H3. The first-order valence-corrected chi connectivity index (χ1v) is 6.67. The van der Waals surface area contributed by atoms with E-state index in [1.54, 1.807) is 0 Å². The van der Waals surface area contributed by atoms with Crippen LogP contribution in [0, 0.1) is 0 Å². The minimum atomic E-state index is 0.219. The fourth-order valence-electron chi connectivity index (χ4n) is 2.18. The molecule has 4 nitrogen and oxygen atoms in total. The number of rotatable bonds is 3. The lowest BCUT2D eigenvalue weighted by molar-refractivity contribution is 0.0340. The van der Waals surface area contributed by atoms with Gasteiger partial charge in [0.15, 0.2) is 0 Å². The number of hydrogen-bond acceptors (Lipinski definition) is 4. The molecule has 5 heteroatoms. The SMILES string of the molecule is CNCc1cnc(N2CC(C)OCC2C)c(Cl)c1. The molecule has 1 aromatic heterocycles. The fraction of sp³-hybridized carbons (Fsp3) is 0.615. The Morgan fingerprint density at radius 3 is 3.00 bits per heavy atom. The van der Waals surface area contributed by atoms with Crippen molar-refractivity contribution in [1.82, 2.24) is 10.3 Å². The Morgan fingerprint density at radius 2 is 2.33 bits per heavy atom. The third-order valence-corrected chi connectivity index (χ3v) is 3.42. The average Bonchev–Trinajstić information content (AvgIpc) is 2.33. The molecule has 100 valence electrons. The van der Waals surface area contributed by atoms with Crippen molar-refractivity contribution in [3.63, 3.8) is 0 Å². The summed E-state index contributed by atoms with van der Waals surface area (Å²) in [5, 5.41) is 3.81. The number of anilines is 1. The van der Waals surface area contributed by atoms with Crippen molar-refractivity contribution in [2.75, 3.05) is 25.1 Å². The predicted molar refractivity (Wildman–Crippen MR) is 74.2 cm³/mol. The monoisotopic (exact) mass is 269 g/mol. The van der Waals surface area contributed by atoms with Gasteiger partial charge < -0.3 is 15.0 Å². The van der Waals surface area contributed by atoms with Crippen LogP contribution in [0.4, 0.5) is 5.82 Å². The van der Waals surface area contributed by atoms with Crippen molar-refractivity contribution in [2.45, 2.75) is 32.5 Å². The molecule has 0 spiro atoms. The van der Waals surface area contributed by atoms with E-state index in [9.17, 15) is 0 Å². The lowest BCUT2D eigenvalue weighted by Gasteiger charge is -2.38. The highest BCUT2D eigenvalue weighted by Gasteiger charge is 2.26. The van der Waals surface area contributed by atoms with Crippen molar-refractivity contribution in [3.05, 3.63) is 22.8 Å². The lowest BCUT2D eigenvalue weighted by Crippen LogP contribution is -2.47. The third-order valence-electron chi connectivity index (χ3n) is 3.14. The first-order chi connectivity index (χ1) is 8.61. The highest BCUT2D eigenvalue weighted by Crippen LogP contribution is 2.28. The summed E-state index contributed by atoms with van der Waals surface area (Å²) in [6.07, 6.45) is 2.10. The van der Waals surface area contributed by atoms with Gasteiger partial charge in [0.25, 0.3) is 0 Å². The summed E-state index contributed by atoms with van der Waals surface area (Å²) >= 11 is 6.34. The molecule has 18 heavy (non-hydrogen) atoms. The molecule has 1 aliphatic rings. The summed E-state index contributed by atoms with van der Waals surface area (Å²) in [5.74, 6) is 0.860. The molecule has 0 aromatic carbocycles. The number of hydrogen-bond donors (Lipinski definition) is 1. The van der Waals surface area contributed by atoms with Crippen LogP contribution in [-0.4, -0.2) is 37.3 Å². The van der Waals surface area contributed by atoms with Crippen LogP contribution in [0.15, 0.2) is 12.3 Å². The smallest absolute Gasteiger partial charge is 0.147 e. The van der Waals surface area contributed by atoms with Gasteiger partial charge in [0.2, 0.25) is 0 Å². The average molecular weight is 270 g/mol. The number of nitrogens with zero attached hydrogens (tertiary/aromatic N) is 2. The molecule has 2 heterocycles. The summed E-state index contributed by atoms with van der Waals surface area (Å²) in [7, 11) is 1.91. The van der Waals surface area contributed by atoms with Gasteiger partial charge in [-0.1, -0.05) is 11.6 Å². The molecule has 1 fully saturated rings. The van der Waals surface area contributed by atoms with Gasteiger partial charge in [-0.3, -0.25) is 0 Å². The summed E-state index contributed by atoms with van der Waals surface area (Å²) in [6.45, 7) is 6.53. The van der Waals surface area contributed by atoms with Crippen LogP contribution in [-0.2, 0) is 11.3 Å². The van der Waals surface area contributed by atoms with Gasteiger partial charge >= 0.3 is 0 Å². The molecular weight excluding hydrogens is 250 g/mol. The van der Waals surface area contributed by atoms with E-state index < -0.39 is 0 Å². The minimum absolute atomic E-state index is 0.219. The number of nitrogens with one attached hydrogen (secondary N) is 1. The molecule has 1 aliphatic heterocycles. The second-order valence-corrected chi connectivity index (χ2v) is 5.23. The number of ether oxygens (including phenoxy) is 1. The maximum absolute atomic E-state index is 6.34. The van der Waals surface area contributed by atoms with E-state index in [4.69, 9.17) is 16.3 Å². The fourth-order valence-corrected chi connectivity index (χ4v) is 2.48. The van der Waals surface area contributed by atoms with E-state index in [0.717, 1.165) is 31.1 Å². The Hall–Kier alpha value is -0.840. The summed E-state index contributed by atoms with van der Waals surface area (Å²) < 4.78 is 5.62. The maximum Gasteiger partial charge on any atom is 0.147 e. The molecule has 2 unspecified atom stereocenters. The molecule has 0 amide bonds. The van der Waals surface area contributed by atoms with Crippen molar-refractivity contribution < 1.29 is 4.74 Å². The van der Waals surface area contributed by atoms with Crippen LogP contribution in [0.3, 0.4) is 0 Å². The molecule has 0 radical (unpaired) electrons. The van der Waals surface area contributed by atoms with Crippen LogP contribution in [0.25, 0.3) is 0 Å². The Balaban J connectivity index is 2.21. The zero-order valence-corrected chi connectivity index (χ0v) is 11.9. The van der Waals surface area contributed by atoms with Gasteiger partial charge in [-0.05, 0) is 32.5 Å². The second kappa shape index (κ2) is 5.87. The summed E-state index contributed by atoms with van der Waals surface area (Å²) in [5.41, 5.74) is 1.10. The molecule has 0 saturated carbocycles. The zero-order chi connectivity index (χ0) is 13.1. The topological polar surface area (TPSA) is 37.4 Å². The largest absolute Gasteiger partial charge is 0.375 e. The molecule has 0 aliphatic carbocycles. The van der Waals surface area contributed by atoms with Crippen LogP contribution in [0.5, 0.6) is 0 Å². The molecular formula is C13H20ClN3O. The summed E-state index contributed by atoms with van der Waals surface area (Å²) in [4.78, 5) is 6.73. The van der Waals surface area contributed by atoms with E-state index in [1.165, 1.54) is 0 Å². The third kappa shape index (κ3) is 2.94. The highest BCUT2D eigenvalue weighted by atomic mass is 35.5. The van der Waals surface area contributed by atoms with Crippen LogP contribution in [0.1, 0.15) is 19.4 Å². The van der Waals surface area contributed by atoms with E-state index in [1.807, 2.05) is 19.3 Å². The van der Waals surface area contributed by atoms with Crippen molar-refractivity contribution in [2.24, 2.45) is 0 Å². The van der Waals surface area contributed by atoms with Gasteiger partial charge in [-0.25, -0.2) is 4.98 Å². The van der Waals surface area contributed by atoms with Crippen molar-refractivity contribution in [1.29, 1.82) is 0 Å². The van der Waals surface area contributed by atoms with Crippen LogP contribution < -0.4 is 10.2 Å². The molecule has 1 saturated heterocycles. The number of morpholine rings is 1. The second-order valence-electron chi connectivity index (χ2n) is 4.82. The van der Waals surface area contributed by atoms with Gasteiger partial charge in [0.05, 0.1) is 23.8 Å². The van der Waals surface area contributed by atoms with Gasteiger partial charge in [0, 0.05) is 19.3 Å². The van der Waals surface area contributed by atoms with E-state index in [2.05, 4.69) is 29.0 Å². The Kier molecular flexibility index (Phi) is 4.43. The molecule has 1 aromatic rings. The van der Waals surface area contributed by atoms with Crippen LogP contribution in [0.2, 0.25) is 5.02 Å². The molecule has 2 atom stereocenters. The number of aromatic nitrogens is 1. The quantitative estimate of drug-likeness (QED) is 0.912. The van der Waals surface area contributed by atoms with E-state index in [-0.39, 0.29) is 6.10 Å². The Bertz CT molecular complexity index is 413. The molecule has 2 rings (SSSR count). The normalized spacial score (nSPS) is 24.3. The first-order valence-electron chi connectivity index (χ1n) is 6.29. The van der Waals surface area contributed by atoms with Gasteiger partial charge in [-0.15, -0.1) is 0 Å². The number of pyridine rings is 1. The van der Waals surface area contributed by atoms with Crippen molar-refractivity contribution in [3.8, 4) is 0 Å². The lowest BCUT2D eigenvalue weighted by atomic mass is 10.2. The summed E-state index contributed by atoms with van der Waals surface area (Å²) in [6, 6.07) is 2.29.